The summed E-state index contributed by atoms with van der Waals surface area (Å²) in [6.07, 6.45) is 3.99. The van der Waals surface area contributed by atoms with E-state index in [1.165, 1.54) is 50.0 Å². The van der Waals surface area contributed by atoms with Crippen LogP contribution in [0.25, 0.3) is 0 Å². The summed E-state index contributed by atoms with van der Waals surface area (Å²) in [5.41, 5.74) is 2.87. The lowest BCUT2D eigenvalue weighted by atomic mass is 9.68. The van der Waals surface area contributed by atoms with Crippen molar-refractivity contribution < 1.29 is 4.74 Å². The van der Waals surface area contributed by atoms with E-state index >= 15 is 0 Å². The van der Waals surface area contributed by atoms with Crippen molar-refractivity contribution in [3.63, 3.8) is 0 Å². The molecule has 3 heteroatoms. The molecule has 0 saturated carbocycles. The van der Waals surface area contributed by atoms with E-state index in [1.54, 1.807) is 7.11 Å². The van der Waals surface area contributed by atoms with Gasteiger partial charge in [-0.25, -0.2) is 0 Å². The van der Waals surface area contributed by atoms with Crippen molar-refractivity contribution in [3.05, 3.63) is 65.7 Å². The van der Waals surface area contributed by atoms with Gasteiger partial charge in [-0.1, -0.05) is 48.5 Å². The first-order valence-corrected chi connectivity index (χ1v) is 10.5. The van der Waals surface area contributed by atoms with Crippen LogP contribution in [0.2, 0.25) is 0 Å². The second kappa shape index (κ2) is 7.29. The molecule has 0 aliphatic carbocycles. The second-order valence-electron chi connectivity index (χ2n) is 8.44. The van der Waals surface area contributed by atoms with Gasteiger partial charge in [-0.3, -0.25) is 9.80 Å². The number of hydrogen-bond acceptors (Lipinski definition) is 3. The maximum Gasteiger partial charge on any atom is 0.123 e. The molecule has 0 spiro atoms. The normalized spacial score (nSPS) is 32.9. The lowest BCUT2D eigenvalue weighted by Gasteiger charge is -2.59. The first-order chi connectivity index (χ1) is 13.3. The quantitative estimate of drug-likeness (QED) is 0.813. The summed E-state index contributed by atoms with van der Waals surface area (Å²) < 4.78 is 5.64. The fraction of sp³-hybridized carbons (Fsp3) is 0.500. The Balaban J connectivity index is 1.46. The molecule has 4 saturated heterocycles. The number of piperidine rings is 4. The zero-order valence-corrected chi connectivity index (χ0v) is 16.3. The molecule has 142 valence electrons. The molecule has 2 bridgehead atoms. The van der Waals surface area contributed by atoms with Crippen molar-refractivity contribution in [2.45, 2.75) is 43.8 Å². The zero-order chi connectivity index (χ0) is 18.2. The number of fused-ring (bicyclic) bond motifs is 2. The van der Waals surface area contributed by atoms with Crippen molar-refractivity contribution in [2.24, 2.45) is 5.92 Å². The first kappa shape index (κ1) is 17.3. The molecule has 4 aliphatic rings. The van der Waals surface area contributed by atoms with E-state index in [0.717, 1.165) is 18.2 Å². The Bertz CT molecular complexity index is 769. The van der Waals surface area contributed by atoms with E-state index in [0.29, 0.717) is 18.0 Å². The molecule has 0 aromatic heterocycles. The van der Waals surface area contributed by atoms with Crippen LogP contribution in [0, 0.1) is 5.92 Å². The molecule has 2 aromatic carbocycles. The monoisotopic (exact) mass is 362 g/mol. The molecule has 0 N–H and O–H groups in total. The summed E-state index contributed by atoms with van der Waals surface area (Å²) in [6, 6.07) is 21.2. The summed E-state index contributed by atoms with van der Waals surface area (Å²) >= 11 is 0. The smallest absolute Gasteiger partial charge is 0.123 e. The van der Waals surface area contributed by atoms with Gasteiger partial charge in [0, 0.05) is 30.1 Å². The molecule has 3 atom stereocenters. The van der Waals surface area contributed by atoms with E-state index < -0.39 is 0 Å². The molecule has 3 nitrogen and oxygen atoms in total. The van der Waals surface area contributed by atoms with Crippen LogP contribution in [-0.2, 0) is 6.54 Å². The fourth-order valence-corrected chi connectivity index (χ4v) is 5.99. The van der Waals surface area contributed by atoms with Gasteiger partial charge in [-0.15, -0.1) is 0 Å². The number of para-hydroxylation sites is 1. The fourth-order valence-electron chi connectivity index (χ4n) is 5.99. The Labute approximate surface area is 162 Å². The van der Waals surface area contributed by atoms with Gasteiger partial charge in [-0.2, -0.15) is 0 Å². The minimum Gasteiger partial charge on any atom is -0.496 e. The number of benzene rings is 2. The third-order valence-corrected chi connectivity index (χ3v) is 7.18. The average molecular weight is 363 g/mol. The Morgan fingerprint density at radius 1 is 0.852 bits per heavy atom. The topological polar surface area (TPSA) is 15.7 Å². The summed E-state index contributed by atoms with van der Waals surface area (Å²) in [4.78, 5) is 5.58. The third kappa shape index (κ3) is 3.07. The van der Waals surface area contributed by atoms with Crippen LogP contribution in [0.1, 0.15) is 36.3 Å². The number of methoxy groups -OCH3 is 1. The molecular weight excluding hydrogens is 332 g/mol. The molecule has 2 aromatic rings. The molecule has 4 fully saturated rings. The van der Waals surface area contributed by atoms with Gasteiger partial charge in [0.25, 0.3) is 0 Å². The summed E-state index contributed by atoms with van der Waals surface area (Å²) in [5, 5.41) is 0. The Kier molecular flexibility index (Phi) is 4.66. The van der Waals surface area contributed by atoms with Crippen molar-refractivity contribution in [2.75, 3.05) is 26.7 Å². The average Bonchev–Trinajstić information content (AvgIpc) is 2.75. The minimum atomic E-state index is 0.670. The summed E-state index contributed by atoms with van der Waals surface area (Å²) in [7, 11) is 1.79. The highest BCUT2D eigenvalue weighted by molar-refractivity contribution is 5.33. The maximum atomic E-state index is 5.64. The molecular formula is C24H30N2O. The van der Waals surface area contributed by atoms with Gasteiger partial charge >= 0.3 is 0 Å². The van der Waals surface area contributed by atoms with Crippen molar-refractivity contribution in [1.29, 1.82) is 0 Å². The summed E-state index contributed by atoms with van der Waals surface area (Å²) in [5.74, 6) is 2.55. The van der Waals surface area contributed by atoms with Crippen LogP contribution in [0.15, 0.2) is 54.6 Å². The number of rotatable bonds is 4. The molecule has 4 heterocycles. The van der Waals surface area contributed by atoms with E-state index in [-0.39, 0.29) is 0 Å². The van der Waals surface area contributed by atoms with Crippen LogP contribution in [0.5, 0.6) is 5.75 Å². The van der Waals surface area contributed by atoms with Gasteiger partial charge in [-0.05, 0) is 56.4 Å². The predicted octanol–water partition coefficient (Wildman–Crippen LogP) is 4.15. The standard InChI is InChI=1S/C24H30N2O/c1-27-22-10-6-5-9-20(22)17-26-16-13-21(18-7-3-2-4-8-18)24-23(26)19-11-14-25(24)15-12-19/h2-10,19,21,23-24H,11-17H2,1H3/t21-,23+,24+/m1/s1. The van der Waals surface area contributed by atoms with E-state index in [2.05, 4.69) is 64.4 Å². The molecule has 4 aliphatic heterocycles. The predicted molar refractivity (Wildman–Crippen MR) is 109 cm³/mol. The minimum absolute atomic E-state index is 0.670. The van der Waals surface area contributed by atoms with Gasteiger partial charge < -0.3 is 4.74 Å². The van der Waals surface area contributed by atoms with Gasteiger partial charge in [0.1, 0.15) is 5.75 Å². The van der Waals surface area contributed by atoms with Crippen molar-refractivity contribution in [3.8, 4) is 5.75 Å². The lowest BCUT2D eigenvalue weighted by molar-refractivity contribution is -0.0808. The number of ether oxygens (including phenoxy) is 1. The molecule has 0 unspecified atom stereocenters. The SMILES string of the molecule is COc1ccccc1CN1CC[C@H](c2ccccc2)[C@H]2[C@@H]1C1CCN2CC1. The van der Waals surface area contributed by atoms with Crippen molar-refractivity contribution >= 4 is 0 Å². The maximum absolute atomic E-state index is 5.64. The van der Waals surface area contributed by atoms with Crippen LogP contribution in [0.3, 0.4) is 0 Å². The number of likely N-dealkylation sites (tertiary alicyclic amines) is 1. The zero-order valence-electron chi connectivity index (χ0n) is 16.3. The highest BCUT2D eigenvalue weighted by atomic mass is 16.5. The van der Waals surface area contributed by atoms with Gasteiger partial charge in [0.15, 0.2) is 0 Å². The largest absolute Gasteiger partial charge is 0.496 e. The highest BCUT2D eigenvalue weighted by Crippen LogP contribution is 2.46. The van der Waals surface area contributed by atoms with Crippen molar-refractivity contribution in [1.82, 2.24) is 9.80 Å². The van der Waals surface area contributed by atoms with E-state index in [4.69, 9.17) is 4.74 Å². The second-order valence-corrected chi connectivity index (χ2v) is 8.44. The van der Waals surface area contributed by atoms with Crippen LogP contribution >= 0.6 is 0 Å². The number of hydrogen-bond donors (Lipinski definition) is 0. The van der Waals surface area contributed by atoms with Crippen LogP contribution in [-0.4, -0.2) is 48.6 Å². The first-order valence-electron chi connectivity index (χ1n) is 10.5. The molecule has 0 radical (unpaired) electrons. The molecule has 0 amide bonds. The Morgan fingerprint density at radius 3 is 2.37 bits per heavy atom. The number of nitrogens with zero attached hydrogens (tertiary/aromatic N) is 2. The van der Waals surface area contributed by atoms with Crippen LogP contribution in [0.4, 0.5) is 0 Å². The van der Waals surface area contributed by atoms with Gasteiger partial charge in [0.05, 0.1) is 7.11 Å². The Hall–Kier alpha value is -1.84. The third-order valence-electron chi connectivity index (χ3n) is 7.18. The summed E-state index contributed by atoms with van der Waals surface area (Å²) in [6.45, 7) is 4.77. The highest BCUT2D eigenvalue weighted by Gasteiger charge is 2.50. The van der Waals surface area contributed by atoms with Gasteiger partial charge in [0.2, 0.25) is 0 Å². The Morgan fingerprint density at radius 2 is 1.59 bits per heavy atom. The van der Waals surface area contributed by atoms with E-state index in [1.807, 2.05) is 0 Å². The van der Waals surface area contributed by atoms with E-state index in [9.17, 15) is 0 Å². The molecule has 6 rings (SSSR count). The lowest BCUT2D eigenvalue weighted by Crippen LogP contribution is -2.67. The molecule has 27 heavy (non-hydrogen) atoms. The van der Waals surface area contributed by atoms with Crippen LogP contribution < -0.4 is 4.74 Å².